The predicted octanol–water partition coefficient (Wildman–Crippen LogP) is 11.0. The number of nitrogens with zero attached hydrogens (tertiary/aromatic N) is 1. The molecule has 2 aliphatic carbocycles. The van der Waals surface area contributed by atoms with Crippen molar-refractivity contribution < 1.29 is 9.47 Å². The van der Waals surface area contributed by atoms with Crippen molar-refractivity contribution in [3.63, 3.8) is 0 Å². The summed E-state index contributed by atoms with van der Waals surface area (Å²) in [7, 11) is 0. The van der Waals surface area contributed by atoms with Crippen molar-refractivity contribution in [2.45, 2.75) is 113 Å². The second-order valence-corrected chi connectivity index (χ2v) is 19.4. The summed E-state index contributed by atoms with van der Waals surface area (Å²) in [6, 6.07) is 31.8. The molecule has 0 saturated carbocycles. The highest BCUT2D eigenvalue weighted by molar-refractivity contribution is 7.99. The van der Waals surface area contributed by atoms with Gasteiger partial charge in [0.25, 0.3) is 6.71 Å². The molecule has 0 fully saturated rings. The number of para-hydroxylation sites is 2. The molecular formula is C46H46BNO2S. The van der Waals surface area contributed by atoms with Crippen molar-refractivity contribution in [2.75, 3.05) is 4.90 Å². The number of fused-ring (bicyclic) bond motifs is 8. The Hall–Kier alpha value is -4.09. The van der Waals surface area contributed by atoms with E-state index in [2.05, 4.69) is 145 Å². The third-order valence-electron chi connectivity index (χ3n) is 13.1. The highest BCUT2D eigenvalue weighted by Gasteiger charge is 2.47. The highest BCUT2D eigenvalue weighted by atomic mass is 32.2. The molecule has 3 heterocycles. The summed E-state index contributed by atoms with van der Waals surface area (Å²) in [6.45, 7) is 19.3. The van der Waals surface area contributed by atoms with Crippen LogP contribution in [0.2, 0.25) is 0 Å². The van der Waals surface area contributed by atoms with Crippen LogP contribution in [0.25, 0.3) is 0 Å². The summed E-state index contributed by atoms with van der Waals surface area (Å²) in [5.41, 5.74) is 13.2. The Balaban J connectivity index is 1.25. The summed E-state index contributed by atoms with van der Waals surface area (Å²) in [5.74, 6) is 3.76. The van der Waals surface area contributed by atoms with Crippen molar-refractivity contribution in [2.24, 2.45) is 0 Å². The largest absolute Gasteiger partial charge is 0.458 e. The molecule has 0 unspecified atom stereocenters. The first kappa shape index (κ1) is 31.6. The number of rotatable bonds is 1. The number of hydrogen-bond donors (Lipinski definition) is 0. The van der Waals surface area contributed by atoms with E-state index in [1.807, 2.05) is 11.8 Å². The quantitative estimate of drug-likeness (QED) is 0.160. The lowest BCUT2D eigenvalue weighted by Gasteiger charge is -2.45. The Morgan fingerprint density at radius 1 is 0.510 bits per heavy atom. The summed E-state index contributed by atoms with van der Waals surface area (Å²) < 4.78 is 14.3. The molecule has 0 bridgehead atoms. The van der Waals surface area contributed by atoms with E-state index in [-0.39, 0.29) is 28.4 Å². The number of hydrogen-bond acceptors (Lipinski definition) is 4. The second-order valence-electron chi connectivity index (χ2n) is 18.3. The lowest BCUT2D eigenvalue weighted by molar-refractivity contribution is 0.330. The van der Waals surface area contributed by atoms with E-state index >= 15 is 0 Å². The molecule has 3 nitrogen and oxygen atoms in total. The van der Waals surface area contributed by atoms with Crippen LogP contribution in [0.5, 0.6) is 23.0 Å². The van der Waals surface area contributed by atoms with Crippen LogP contribution in [0.1, 0.15) is 103 Å². The van der Waals surface area contributed by atoms with Crippen molar-refractivity contribution >= 4 is 51.9 Å². The lowest BCUT2D eigenvalue weighted by atomic mass is 9.34. The molecule has 0 atom stereocenters. The average Bonchev–Trinajstić information content (AvgIpc) is 3.10. The first-order valence-electron chi connectivity index (χ1n) is 18.8. The van der Waals surface area contributed by atoms with Gasteiger partial charge in [0.15, 0.2) is 0 Å². The van der Waals surface area contributed by atoms with E-state index in [4.69, 9.17) is 9.47 Å². The van der Waals surface area contributed by atoms with Crippen molar-refractivity contribution in [3.05, 3.63) is 107 Å². The zero-order valence-corrected chi connectivity index (χ0v) is 32.0. The molecule has 51 heavy (non-hydrogen) atoms. The van der Waals surface area contributed by atoms with Gasteiger partial charge >= 0.3 is 0 Å². The molecule has 5 aromatic carbocycles. The van der Waals surface area contributed by atoms with Gasteiger partial charge in [-0.25, -0.2) is 0 Å². The Kier molecular flexibility index (Phi) is 6.38. The molecule has 10 rings (SSSR count). The van der Waals surface area contributed by atoms with Gasteiger partial charge in [-0.2, -0.15) is 0 Å². The van der Waals surface area contributed by atoms with Gasteiger partial charge < -0.3 is 14.4 Å². The number of anilines is 3. The monoisotopic (exact) mass is 687 g/mol. The van der Waals surface area contributed by atoms with Crippen LogP contribution < -0.4 is 30.8 Å². The second kappa shape index (κ2) is 10.3. The highest BCUT2D eigenvalue weighted by Crippen LogP contribution is 2.54. The van der Waals surface area contributed by atoms with Crippen LogP contribution in [-0.2, 0) is 21.7 Å². The Bertz CT molecular complexity index is 2180. The maximum Gasteiger partial charge on any atom is 0.260 e. The van der Waals surface area contributed by atoms with Gasteiger partial charge in [0, 0.05) is 27.4 Å². The van der Waals surface area contributed by atoms with Gasteiger partial charge in [-0.1, -0.05) is 104 Å². The minimum Gasteiger partial charge on any atom is -0.458 e. The molecule has 5 aromatic rings. The molecule has 5 heteroatoms. The topological polar surface area (TPSA) is 21.7 Å². The van der Waals surface area contributed by atoms with E-state index in [0.29, 0.717) is 0 Å². The van der Waals surface area contributed by atoms with Crippen LogP contribution in [-0.4, -0.2) is 6.71 Å². The summed E-state index contributed by atoms with van der Waals surface area (Å²) in [6.07, 6.45) is 4.69. The maximum atomic E-state index is 7.15. The molecule has 0 aromatic heterocycles. The molecule has 0 radical (unpaired) electrons. The van der Waals surface area contributed by atoms with Crippen molar-refractivity contribution in [1.29, 1.82) is 0 Å². The summed E-state index contributed by atoms with van der Waals surface area (Å²) >= 11 is 1.83. The third kappa shape index (κ3) is 4.52. The molecule has 0 saturated heterocycles. The van der Waals surface area contributed by atoms with Crippen LogP contribution in [0.15, 0.2) is 94.7 Å². The minimum absolute atomic E-state index is 0.0188. The van der Waals surface area contributed by atoms with Crippen LogP contribution in [0.3, 0.4) is 0 Å². The van der Waals surface area contributed by atoms with Gasteiger partial charge in [-0.3, -0.25) is 0 Å². The van der Waals surface area contributed by atoms with Crippen LogP contribution in [0, 0.1) is 0 Å². The zero-order valence-electron chi connectivity index (χ0n) is 31.2. The van der Waals surface area contributed by atoms with E-state index in [1.54, 1.807) is 0 Å². The van der Waals surface area contributed by atoms with Gasteiger partial charge in [-0.05, 0) is 117 Å². The van der Waals surface area contributed by atoms with Gasteiger partial charge in [0.1, 0.15) is 23.0 Å². The molecule has 0 spiro atoms. The average molecular weight is 688 g/mol. The van der Waals surface area contributed by atoms with Crippen LogP contribution >= 0.6 is 11.8 Å². The fourth-order valence-electron chi connectivity index (χ4n) is 9.72. The molecule has 0 N–H and O–H groups in total. The molecule has 0 amide bonds. The maximum absolute atomic E-state index is 7.15. The number of benzene rings is 5. The molecule has 256 valence electrons. The lowest BCUT2D eigenvalue weighted by Crippen LogP contribution is -2.58. The summed E-state index contributed by atoms with van der Waals surface area (Å²) in [4.78, 5) is 4.87. The molecule has 3 aliphatic heterocycles. The fraction of sp³-hybridized carbons (Fsp3) is 0.348. The predicted molar refractivity (Wildman–Crippen MR) is 214 cm³/mol. The zero-order chi connectivity index (χ0) is 35.2. The standard InChI is InChI=1S/C46H46BNO2S/c1-43(2)17-19-45(5,6)30-25-36-32(23-28(30)43)47-33-24-29-31(46(7,8)20-18-44(29,3)4)26-37(33)50-39-22-27(21-38(49-36)42(39)47)48-34-13-9-11-15-40(34)51-41-16-12-10-14-35(41)48/h9-16,21-26H,17-20H2,1-8H3. The van der Waals surface area contributed by atoms with Gasteiger partial charge in [0.05, 0.1) is 17.1 Å². The first-order valence-corrected chi connectivity index (χ1v) is 19.6. The Morgan fingerprint density at radius 2 is 0.902 bits per heavy atom. The Morgan fingerprint density at radius 3 is 1.33 bits per heavy atom. The van der Waals surface area contributed by atoms with Crippen LogP contribution in [0.4, 0.5) is 17.1 Å². The van der Waals surface area contributed by atoms with E-state index < -0.39 is 0 Å². The Labute approximate surface area is 307 Å². The van der Waals surface area contributed by atoms with E-state index in [9.17, 15) is 0 Å². The van der Waals surface area contributed by atoms with Gasteiger partial charge in [-0.15, -0.1) is 0 Å². The molecular weight excluding hydrogens is 641 g/mol. The van der Waals surface area contributed by atoms with E-state index in [0.717, 1.165) is 34.1 Å². The summed E-state index contributed by atoms with van der Waals surface area (Å²) in [5, 5.41) is 0. The van der Waals surface area contributed by atoms with Gasteiger partial charge in [0.2, 0.25) is 0 Å². The minimum atomic E-state index is 0.0188. The van der Waals surface area contributed by atoms with E-state index in [1.165, 1.54) is 80.0 Å². The smallest absolute Gasteiger partial charge is 0.260 e. The molecule has 5 aliphatic rings. The number of ether oxygens (including phenoxy) is 2. The normalized spacial score (nSPS) is 20.2. The van der Waals surface area contributed by atoms with Crippen molar-refractivity contribution in [1.82, 2.24) is 0 Å². The van der Waals surface area contributed by atoms with Crippen molar-refractivity contribution in [3.8, 4) is 23.0 Å². The third-order valence-corrected chi connectivity index (χ3v) is 14.2. The first-order chi connectivity index (χ1) is 24.2. The SMILES string of the molecule is CC1(C)CCC(C)(C)c2cc3c(cc21)Oc1cc(N2c4ccccc4Sc4ccccc42)cc2c1B3c1cc3c(cc1O2)C(C)(C)CCC3(C)C. The fourth-order valence-corrected chi connectivity index (χ4v) is 10.8.